The van der Waals surface area contributed by atoms with Crippen LogP contribution in [0.1, 0.15) is 10.4 Å². The summed E-state index contributed by atoms with van der Waals surface area (Å²) in [4.78, 5) is 5.42. The number of hydrogen-bond donors (Lipinski definition) is 1. The zero-order chi connectivity index (χ0) is 23.4. The maximum atomic E-state index is 13.0. The van der Waals surface area contributed by atoms with E-state index in [1.165, 1.54) is 11.3 Å². The van der Waals surface area contributed by atoms with Gasteiger partial charge in [-0.3, -0.25) is 4.72 Å². The molecular formula is C22H17ClN2O4S4. The van der Waals surface area contributed by atoms with E-state index in [9.17, 15) is 16.8 Å². The van der Waals surface area contributed by atoms with E-state index in [2.05, 4.69) is 9.71 Å². The van der Waals surface area contributed by atoms with Crippen LogP contribution in [0.3, 0.4) is 0 Å². The molecule has 11 heteroatoms. The van der Waals surface area contributed by atoms with Crippen LogP contribution in [0.5, 0.6) is 0 Å². The second-order valence-electron chi connectivity index (χ2n) is 7.58. The van der Waals surface area contributed by atoms with E-state index in [1.54, 1.807) is 24.3 Å². The van der Waals surface area contributed by atoms with Gasteiger partial charge in [-0.15, -0.1) is 22.7 Å². The number of nitrogens with zero attached hydrogens (tertiary/aromatic N) is 1. The molecule has 0 aliphatic heterocycles. The summed E-state index contributed by atoms with van der Waals surface area (Å²) in [7, 11) is -7.37. The molecule has 0 saturated carbocycles. The van der Waals surface area contributed by atoms with Crippen LogP contribution in [0.25, 0.3) is 22.4 Å². The van der Waals surface area contributed by atoms with Gasteiger partial charge in [0.15, 0.2) is 15.0 Å². The van der Waals surface area contributed by atoms with Crippen molar-refractivity contribution in [2.45, 2.75) is 21.9 Å². The Morgan fingerprint density at radius 2 is 1.58 bits per heavy atom. The van der Waals surface area contributed by atoms with E-state index < -0.39 is 19.9 Å². The molecule has 0 radical (unpaired) electrons. The first-order valence-electron chi connectivity index (χ1n) is 9.83. The Balaban J connectivity index is 1.47. The lowest BCUT2D eigenvalue weighted by Gasteiger charge is -2.12. The molecule has 2 aromatic heterocycles. The Labute approximate surface area is 204 Å². The van der Waals surface area contributed by atoms with Gasteiger partial charge < -0.3 is 0 Å². The number of sulfonamides is 1. The number of benzene rings is 2. The maximum Gasteiger partial charge on any atom is 0.263 e. The highest BCUT2D eigenvalue weighted by molar-refractivity contribution is 7.93. The average Bonchev–Trinajstić information content (AvgIpc) is 3.34. The Kier molecular flexibility index (Phi) is 5.61. The first-order chi connectivity index (χ1) is 15.6. The van der Waals surface area contributed by atoms with Crippen LogP contribution < -0.4 is 4.72 Å². The lowest BCUT2D eigenvalue weighted by atomic mass is 9.98. The Hall–Kier alpha value is -2.24. The molecule has 0 amide bonds. The molecule has 6 nitrogen and oxygen atoms in total. The number of halogens is 1. The predicted molar refractivity (Wildman–Crippen MR) is 134 cm³/mol. The number of sulfone groups is 1. The topological polar surface area (TPSA) is 93.2 Å². The third kappa shape index (κ3) is 4.22. The largest absolute Gasteiger partial charge is 0.263 e. The van der Waals surface area contributed by atoms with Gasteiger partial charge in [0.2, 0.25) is 0 Å². The summed E-state index contributed by atoms with van der Waals surface area (Å²) in [6, 6.07) is 16.3. The van der Waals surface area contributed by atoms with Crippen LogP contribution in [0, 0.1) is 0 Å². The smallest absolute Gasteiger partial charge is 0.255 e. The van der Waals surface area contributed by atoms with E-state index >= 15 is 0 Å². The number of nitrogens with one attached hydrogen (secondary N) is 1. The molecule has 2 heterocycles. The fraction of sp³-hybridized carbons (Fsp3) is 0.136. The normalized spacial score (nSPS) is 13.4. The lowest BCUT2D eigenvalue weighted by Crippen LogP contribution is -2.12. The van der Waals surface area contributed by atoms with Crippen molar-refractivity contribution >= 4 is 59.3 Å². The first-order valence-corrected chi connectivity index (χ1v) is 15.2. The lowest BCUT2D eigenvalue weighted by molar-refractivity contribution is 0.600. The van der Waals surface area contributed by atoms with Gasteiger partial charge in [0.05, 0.1) is 14.9 Å². The van der Waals surface area contributed by atoms with Crippen LogP contribution in [0.4, 0.5) is 5.13 Å². The minimum Gasteiger partial charge on any atom is -0.255 e. The van der Waals surface area contributed by atoms with E-state index in [0.717, 1.165) is 39.2 Å². The summed E-state index contributed by atoms with van der Waals surface area (Å²) in [6.07, 6.45) is 2.34. The number of hydrogen-bond acceptors (Lipinski definition) is 7. The molecule has 33 heavy (non-hydrogen) atoms. The van der Waals surface area contributed by atoms with Crippen LogP contribution in [-0.4, -0.2) is 28.1 Å². The van der Waals surface area contributed by atoms with Crippen molar-refractivity contribution in [3.05, 3.63) is 69.4 Å². The summed E-state index contributed by atoms with van der Waals surface area (Å²) < 4.78 is 53.7. The van der Waals surface area contributed by atoms with Gasteiger partial charge >= 0.3 is 0 Å². The van der Waals surface area contributed by atoms with Crippen molar-refractivity contribution in [1.29, 1.82) is 0 Å². The van der Waals surface area contributed by atoms with Gasteiger partial charge in [-0.25, -0.2) is 21.8 Å². The molecule has 0 saturated heterocycles. The number of rotatable bonds is 5. The minimum absolute atomic E-state index is 0.117. The van der Waals surface area contributed by atoms with Crippen molar-refractivity contribution in [2.75, 3.05) is 11.0 Å². The van der Waals surface area contributed by atoms with E-state index in [1.807, 2.05) is 30.3 Å². The highest BCUT2D eigenvalue weighted by Crippen LogP contribution is 2.48. The molecule has 0 bridgehead atoms. The maximum absolute atomic E-state index is 13.0. The fourth-order valence-electron chi connectivity index (χ4n) is 3.77. The molecule has 0 unspecified atom stereocenters. The van der Waals surface area contributed by atoms with Crippen molar-refractivity contribution < 1.29 is 16.8 Å². The summed E-state index contributed by atoms with van der Waals surface area (Å²) >= 11 is 8.54. The van der Waals surface area contributed by atoms with Crippen LogP contribution in [0.2, 0.25) is 4.34 Å². The summed E-state index contributed by atoms with van der Waals surface area (Å²) in [5.74, 6) is 0. The third-order valence-electron chi connectivity index (χ3n) is 5.29. The molecule has 2 aromatic carbocycles. The van der Waals surface area contributed by atoms with Gasteiger partial charge in [0.1, 0.15) is 4.21 Å². The molecule has 170 valence electrons. The monoisotopic (exact) mass is 536 g/mol. The number of anilines is 1. The van der Waals surface area contributed by atoms with Gasteiger partial charge in [-0.2, -0.15) is 0 Å². The molecule has 0 fully saturated rings. The van der Waals surface area contributed by atoms with Gasteiger partial charge in [-0.1, -0.05) is 54.1 Å². The molecule has 1 aliphatic rings. The molecule has 0 spiro atoms. The zero-order valence-corrected chi connectivity index (χ0v) is 21.2. The molecule has 5 rings (SSSR count). The van der Waals surface area contributed by atoms with E-state index in [4.69, 9.17) is 11.6 Å². The zero-order valence-electron chi connectivity index (χ0n) is 17.2. The minimum atomic E-state index is -3.87. The van der Waals surface area contributed by atoms with Gasteiger partial charge in [-0.05, 0) is 41.7 Å². The van der Waals surface area contributed by atoms with Crippen LogP contribution in [0.15, 0.2) is 63.7 Å². The van der Waals surface area contributed by atoms with Crippen LogP contribution in [-0.2, 0) is 32.7 Å². The molecule has 1 N–H and O–H groups in total. The highest BCUT2D eigenvalue weighted by Gasteiger charge is 2.32. The average molecular weight is 537 g/mol. The second kappa shape index (κ2) is 8.21. The second-order valence-corrected chi connectivity index (χ2v) is 14.2. The van der Waals surface area contributed by atoms with Gasteiger partial charge in [0.25, 0.3) is 10.0 Å². The molecular weight excluding hydrogens is 520 g/mol. The molecule has 1 aliphatic carbocycles. The SMILES string of the molecule is CS(=O)(=O)c1sc(Cl)c2c1-c1nc(NS(=O)(=O)c3ccc(-c4ccccc4)cc3)sc1CC2. The number of aromatic nitrogens is 1. The number of aryl methyl sites for hydroxylation is 1. The standard InChI is InChI=1S/C22H17ClN2O4S4/c1-32(26,27)21-18-16(20(23)31-21)11-12-17-19(18)24-22(30-17)25-33(28,29)15-9-7-14(8-10-15)13-5-3-2-4-6-13/h2-10H,11-12H2,1H3,(H,24,25). The number of thiophene rings is 1. The number of thiazole rings is 1. The quantitative estimate of drug-likeness (QED) is 0.364. The first kappa shape index (κ1) is 22.5. The van der Waals surface area contributed by atoms with Crippen LogP contribution >= 0.6 is 34.3 Å². The summed E-state index contributed by atoms with van der Waals surface area (Å²) in [5, 5.41) is 0.196. The third-order valence-corrected chi connectivity index (χ3v) is 11.1. The highest BCUT2D eigenvalue weighted by atomic mass is 35.5. The Bertz CT molecular complexity index is 1570. The van der Waals surface area contributed by atoms with Gasteiger partial charge in [0, 0.05) is 16.7 Å². The Morgan fingerprint density at radius 1 is 0.909 bits per heavy atom. The predicted octanol–water partition coefficient (Wildman–Crippen LogP) is 5.49. The van der Waals surface area contributed by atoms with E-state index in [0.29, 0.717) is 28.4 Å². The number of fused-ring (bicyclic) bond motifs is 3. The Morgan fingerprint density at radius 3 is 2.24 bits per heavy atom. The van der Waals surface area contributed by atoms with Crippen molar-refractivity contribution in [3.63, 3.8) is 0 Å². The fourth-order valence-corrected chi connectivity index (χ4v) is 8.79. The molecule has 4 aromatic rings. The van der Waals surface area contributed by atoms with Crippen molar-refractivity contribution in [3.8, 4) is 22.4 Å². The van der Waals surface area contributed by atoms with E-state index in [-0.39, 0.29) is 14.2 Å². The molecule has 0 atom stereocenters. The van der Waals surface area contributed by atoms with Crippen molar-refractivity contribution in [1.82, 2.24) is 4.98 Å². The summed E-state index contributed by atoms with van der Waals surface area (Å²) in [5.41, 5.74) is 3.65. The van der Waals surface area contributed by atoms with Crippen molar-refractivity contribution in [2.24, 2.45) is 0 Å². The summed E-state index contributed by atoms with van der Waals surface area (Å²) in [6.45, 7) is 0.